The maximum atomic E-state index is 11.9. The summed E-state index contributed by atoms with van der Waals surface area (Å²) in [7, 11) is 0. The first-order valence-electron chi connectivity index (χ1n) is 7.69. The summed E-state index contributed by atoms with van der Waals surface area (Å²) < 4.78 is 6.51. The molecule has 2 rings (SSSR count). The number of ether oxygens (including phenoxy) is 1. The molecule has 1 atom stereocenters. The van der Waals surface area contributed by atoms with Crippen LogP contribution in [0.4, 0.5) is 4.79 Å². The number of hydrogen-bond donors (Lipinski definition) is 2. The number of alkyl carbamates (subject to hydrolysis) is 1. The van der Waals surface area contributed by atoms with Gasteiger partial charge in [0.15, 0.2) is 0 Å². The second kappa shape index (κ2) is 7.32. The van der Waals surface area contributed by atoms with Crippen molar-refractivity contribution in [3.8, 4) is 0 Å². The smallest absolute Gasteiger partial charge is 0.407 e. The van der Waals surface area contributed by atoms with Crippen LogP contribution in [0.1, 0.15) is 43.4 Å². The minimum absolute atomic E-state index is 0.152. The predicted molar refractivity (Wildman–Crippen MR) is 94.3 cm³/mol. The van der Waals surface area contributed by atoms with Gasteiger partial charge in [-0.3, -0.25) is 0 Å². The highest BCUT2D eigenvalue weighted by atomic mass is 79.9. The van der Waals surface area contributed by atoms with E-state index in [1.165, 1.54) is 27.1 Å². The van der Waals surface area contributed by atoms with E-state index in [9.17, 15) is 4.79 Å². The second-order valence-electron chi connectivity index (χ2n) is 6.84. The van der Waals surface area contributed by atoms with Gasteiger partial charge in [-0.15, -0.1) is 11.3 Å². The monoisotopic (exact) mass is 388 g/mol. The molecule has 1 heterocycles. The van der Waals surface area contributed by atoms with Crippen molar-refractivity contribution in [1.82, 2.24) is 10.6 Å². The number of nitrogens with one attached hydrogen (secondary N) is 2. The zero-order valence-corrected chi connectivity index (χ0v) is 16.1. The highest BCUT2D eigenvalue weighted by Gasteiger charge is 2.33. The Bertz CT molecular complexity index is 501. The van der Waals surface area contributed by atoms with Gasteiger partial charge in [-0.25, -0.2) is 4.79 Å². The van der Waals surface area contributed by atoms with Gasteiger partial charge in [-0.05, 0) is 68.5 Å². The number of aryl methyl sites for hydroxylation is 1. The van der Waals surface area contributed by atoms with Crippen LogP contribution in [0.5, 0.6) is 0 Å². The molecule has 1 aliphatic rings. The standard InChI is InChI=1S/C16H25BrN2O2S/c1-10-13(17)7-12(22-10)8-18-9-14(11-5-6-11)19-15(20)21-16(2,3)4/h7,11,14,18H,5-6,8-9H2,1-4H3,(H,19,20). The molecule has 0 spiro atoms. The van der Waals surface area contributed by atoms with Crippen LogP contribution in [-0.2, 0) is 11.3 Å². The molecule has 22 heavy (non-hydrogen) atoms. The summed E-state index contributed by atoms with van der Waals surface area (Å²) in [5, 5.41) is 6.46. The van der Waals surface area contributed by atoms with Crippen LogP contribution in [0.3, 0.4) is 0 Å². The molecule has 0 aliphatic heterocycles. The molecule has 2 N–H and O–H groups in total. The fourth-order valence-corrected chi connectivity index (χ4v) is 3.82. The first-order chi connectivity index (χ1) is 10.2. The third-order valence-corrected chi connectivity index (χ3v) is 5.60. The van der Waals surface area contributed by atoms with Crippen LogP contribution in [0, 0.1) is 12.8 Å². The summed E-state index contributed by atoms with van der Waals surface area (Å²) in [6, 6.07) is 2.31. The molecule has 1 fully saturated rings. The van der Waals surface area contributed by atoms with Crippen molar-refractivity contribution in [3.63, 3.8) is 0 Å². The normalized spacial score (nSPS) is 16.4. The van der Waals surface area contributed by atoms with Crippen LogP contribution in [0.25, 0.3) is 0 Å². The molecule has 0 bridgehead atoms. The molecule has 1 unspecified atom stereocenters. The number of carbonyl (C=O) groups is 1. The van der Waals surface area contributed by atoms with Gasteiger partial charge in [0, 0.05) is 33.4 Å². The molecule has 1 saturated carbocycles. The third kappa shape index (κ3) is 5.89. The summed E-state index contributed by atoms with van der Waals surface area (Å²) in [6.07, 6.45) is 2.05. The van der Waals surface area contributed by atoms with Gasteiger partial charge in [-0.2, -0.15) is 0 Å². The average Bonchev–Trinajstić information content (AvgIpc) is 3.14. The summed E-state index contributed by atoms with van der Waals surface area (Å²) in [5.74, 6) is 0.580. The molecule has 6 heteroatoms. The number of carbonyl (C=O) groups excluding carboxylic acids is 1. The van der Waals surface area contributed by atoms with Crippen molar-refractivity contribution < 1.29 is 9.53 Å². The minimum atomic E-state index is -0.452. The Morgan fingerprint density at radius 2 is 2.18 bits per heavy atom. The van der Waals surface area contributed by atoms with Gasteiger partial charge in [-0.1, -0.05) is 0 Å². The van der Waals surface area contributed by atoms with Crippen molar-refractivity contribution in [3.05, 3.63) is 20.3 Å². The van der Waals surface area contributed by atoms with Gasteiger partial charge in [0.05, 0.1) is 0 Å². The van der Waals surface area contributed by atoms with Crippen LogP contribution >= 0.6 is 27.3 Å². The van der Waals surface area contributed by atoms with Crippen LogP contribution in [0.2, 0.25) is 0 Å². The molecular formula is C16H25BrN2O2S. The molecule has 4 nitrogen and oxygen atoms in total. The first kappa shape index (κ1) is 17.8. The maximum absolute atomic E-state index is 11.9. The number of rotatable bonds is 6. The number of thiophene rings is 1. The Balaban J connectivity index is 1.78. The summed E-state index contributed by atoms with van der Waals surface area (Å²) >= 11 is 5.33. The number of amides is 1. The number of halogens is 1. The SMILES string of the molecule is Cc1sc(CNCC(NC(=O)OC(C)(C)C)C2CC2)cc1Br. The van der Waals surface area contributed by atoms with Crippen molar-refractivity contribution >= 4 is 33.4 Å². The lowest BCUT2D eigenvalue weighted by Crippen LogP contribution is -2.45. The van der Waals surface area contributed by atoms with E-state index < -0.39 is 5.60 Å². The lowest BCUT2D eigenvalue weighted by molar-refractivity contribution is 0.0497. The molecule has 124 valence electrons. The van der Waals surface area contributed by atoms with Gasteiger partial charge in [0.2, 0.25) is 0 Å². The van der Waals surface area contributed by atoms with E-state index in [4.69, 9.17) is 4.74 Å². The Morgan fingerprint density at radius 3 is 2.68 bits per heavy atom. The fraction of sp³-hybridized carbons (Fsp3) is 0.688. The van der Waals surface area contributed by atoms with Crippen molar-refractivity contribution in [2.45, 2.75) is 58.7 Å². The Kier molecular flexibility index (Phi) is 5.91. The van der Waals surface area contributed by atoms with E-state index in [2.05, 4.69) is 39.6 Å². The van der Waals surface area contributed by atoms with Crippen molar-refractivity contribution in [2.24, 2.45) is 5.92 Å². The Labute approximate surface area is 145 Å². The van der Waals surface area contributed by atoms with Crippen molar-refractivity contribution in [1.29, 1.82) is 0 Å². The molecule has 1 aliphatic carbocycles. The van der Waals surface area contributed by atoms with Gasteiger partial charge in [0.1, 0.15) is 5.60 Å². The van der Waals surface area contributed by atoms with Gasteiger partial charge >= 0.3 is 6.09 Å². The Hall–Kier alpha value is -0.590. The van der Waals surface area contributed by atoms with E-state index >= 15 is 0 Å². The van der Waals surface area contributed by atoms with Crippen LogP contribution < -0.4 is 10.6 Å². The van der Waals surface area contributed by atoms with E-state index in [-0.39, 0.29) is 12.1 Å². The molecular weight excluding hydrogens is 364 g/mol. The van der Waals surface area contributed by atoms with Crippen molar-refractivity contribution in [2.75, 3.05) is 6.54 Å². The van der Waals surface area contributed by atoms with E-state index in [0.717, 1.165) is 13.1 Å². The minimum Gasteiger partial charge on any atom is -0.444 e. The maximum Gasteiger partial charge on any atom is 0.407 e. The summed E-state index contributed by atoms with van der Waals surface area (Å²) in [4.78, 5) is 14.5. The molecule has 1 aromatic heterocycles. The van der Waals surface area contributed by atoms with Crippen LogP contribution in [0.15, 0.2) is 10.5 Å². The van der Waals surface area contributed by atoms with E-state index in [1.54, 1.807) is 11.3 Å². The number of hydrogen-bond acceptors (Lipinski definition) is 4. The zero-order chi connectivity index (χ0) is 16.3. The fourth-order valence-electron chi connectivity index (χ4n) is 2.25. The highest BCUT2D eigenvalue weighted by Crippen LogP contribution is 2.32. The molecule has 1 aromatic rings. The summed E-state index contributed by atoms with van der Waals surface area (Å²) in [6.45, 7) is 9.36. The first-order valence-corrected chi connectivity index (χ1v) is 9.30. The van der Waals surface area contributed by atoms with Gasteiger partial charge < -0.3 is 15.4 Å². The molecule has 1 amide bonds. The topological polar surface area (TPSA) is 50.4 Å². The third-order valence-electron chi connectivity index (χ3n) is 3.46. The average molecular weight is 389 g/mol. The highest BCUT2D eigenvalue weighted by molar-refractivity contribution is 9.10. The Morgan fingerprint density at radius 1 is 1.50 bits per heavy atom. The van der Waals surface area contributed by atoms with E-state index in [1.807, 2.05) is 20.8 Å². The molecule has 0 saturated heterocycles. The quantitative estimate of drug-likeness (QED) is 0.766. The molecule has 0 aromatic carbocycles. The lowest BCUT2D eigenvalue weighted by Gasteiger charge is -2.23. The summed E-state index contributed by atoms with van der Waals surface area (Å²) in [5.41, 5.74) is -0.452. The van der Waals surface area contributed by atoms with E-state index in [0.29, 0.717) is 5.92 Å². The van der Waals surface area contributed by atoms with Crippen LogP contribution in [-0.4, -0.2) is 24.3 Å². The van der Waals surface area contributed by atoms with Gasteiger partial charge in [0.25, 0.3) is 0 Å². The largest absolute Gasteiger partial charge is 0.444 e. The second-order valence-corrected chi connectivity index (χ2v) is 9.03. The zero-order valence-electron chi connectivity index (χ0n) is 13.7. The lowest BCUT2D eigenvalue weighted by atomic mass is 10.2. The predicted octanol–water partition coefficient (Wildman–Crippen LogP) is 4.21. The molecule has 0 radical (unpaired) electrons.